The Bertz CT molecular complexity index is 936. The van der Waals surface area contributed by atoms with Gasteiger partial charge < -0.3 is 9.30 Å². The smallest absolute Gasteiger partial charge is 0.279 e. The number of carbonyl (C=O) groups excluding carboxylic acids is 1. The van der Waals surface area contributed by atoms with Crippen LogP contribution in [-0.4, -0.2) is 17.6 Å². The van der Waals surface area contributed by atoms with Crippen molar-refractivity contribution in [3.8, 4) is 5.75 Å². The van der Waals surface area contributed by atoms with E-state index in [1.807, 2.05) is 49.4 Å². The normalized spacial score (nSPS) is 11.9. The van der Waals surface area contributed by atoms with Gasteiger partial charge in [0.15, 0.2) is 4.80 Å². The molecule has 1 amide bonds. The Morgan fingerprint density at radius 3 is 2.62 bits per heavy atom. The van der Waals surface area contributed by atoms with Gasteiger partial charge in [-0.3, -0.25) is 4.79 Å². The lowest BCUT2D eigenvalue weighted by molar-refractivity contribution is 0.0998. The highest BCUT2D eigenvalue weighted by molar-refractivity contribution is 7.16. The lowest BCUT2D eigenvalue weighted by Gasteiger charge is -2.03. The molecule has 0 saturated heterocycles. The van der Waals surface area contributed by atoms with Crippen LogP contribution in [0.25, 0.3) is 10.2 Å². The predicted octanol–water partition coefficient (Wildman–Crippen LogP) is 4.17. The van der Waals surface area contributed by atoms with E-state index in [4.69, 9.17) is 4.74 Å². The van der Waals surface area contributed by atoms with Crippen LogP contribution in [0.1, 0.15) is 29.3 Å². The number of benzene rings is 2. The van der Waals surface area contributed by atoms with Crippen molar-refractivity contribution in [2.24, 2.45) is 4.99 Å². The van der Waals surface area contributed by atoms with Gasteiger partial charge in [-0.25, -0.2) is 0 Å². The Hall–Kier alpha value is -2.40. The number of nitrogens with zero attached hydrogens (tertiary/aromatic N) is 2. The standard InChI is InChI=1S/C19H20N2O2S/c1-4-11-21-16-10-9-15(23-3)12-17(16)24-19(21)20-18(22)14-7-5-13(2)6-8-14/h5-10,12H,4,11H2,1-3H3. The van der Waals surface area contributed by atoms with Crippen molar-refractivity contribution >= 4 is 27.5 Å². The fourth-order valence-corrected chi connectivity index (χ4v) is 3.64. The van der Waals surface area contributed by atoms with E-state index in [9.17, 15) is 4.79 Å². The number of hydrogen-bond acceptors (Lipinski definition) is 3. The maximum Gasteiger partial charge on any atom is 0.279 e. The minimum absolute atomic E-state index is 0.210. The van der Waals surface area contributed by atoms with Gasteiger partial charge in [-0.2, -0.15) is 4.99 Å². The number of ether oxygens (including phenoxy) is 1. The van der Waals surface area contributed by atoms with E-state index < -0.39 is 0 Å². The number of methoxy groups -OCH3 is 1. The fraction of sp³-hybridized carbons (Fsp3) is 0.263. The van der Waals surface area contributed by atoms with Crippen molar-refractivity contribution in [1.29, 1.82) is 0 Å². The van der Waals surface area contributed by atoms with E-state index in [2.05, 4.69) is 16.5 Å². The molecule has 2 aromatic carbocycles. The van der Waals surface area contributed by atoms with Crippen molar-refractivity contribution in [3.63, 3.8) is 0 Å². The summed E-state index contributed by atoms with van der Waals surface area (Å²) < 4.78 is 8.46. The Morgan fingerprint density at radius 2 is 1.96 bits per heavy atom. The number of amides is 1. The van der Waals surface area contributed by atoms with Gasteiger partial charge in [0, 0.05) is 12.1 Å². The summed E-state index contributed by atoms with van der Waals surface area (Å²) in [6.45, 7) is 4.94. The van der Waals surface area contributed by atoms with Gasteiger partial charge in [0.25, 0.3) is 5.91 Å². The summed E-state index contributed by atoms with van der Waals surface area (Å²) in [6.07, 6.45) is 0.976. The second-order valence-electron chi connectivity index (χ2n) is 5.65. The second kappa shape index (κ2) is 7.01. The summed E-state index contributed by atoms with van der Waals surface area (Å²) >= 11 is 1.51. The highest BCUT2D eigenvalue weighted by Crippen LogP contribution is 2.23. The molecule has 0 fully saturated rings. The van der Waals surface area contributed by atoms with E-state index in [-0.39, 0.29) is 5.91 Å². The molecule has 4 nitrogen and oxygen atoms in total. The van der Waals surface area contributed by atoms with E-state index >= 15 is 0 Å². The first-order valence-corrected chi connectivity index (χ1v) is 8.77. The van der Waals surface area contributed by atoms with Gasteiger partial charge in [-0.15, -0.1) is 0 Å². The average Bonchev–Trinajstić information content (AvgIpc) is 2.92. The van der Waals surface area contributed by atoms with E-state index in [0.717, 1.165) is 39.3 Å². The number of aromatic nitrogens is 1. The highest BCUT2D eigenvalue weighted by atomic mass is 32.1. The van der Waals surface area contributed by atoms with Crippen molar-refractivity contribution in [2.45, 2.75) is 26.8 Å². The molecular formula is C19H20N2O2S. The fourth-order valence-electron chi connectivity index (χ4n) is 2.55. The van der Waals surface area contributed by atoms with Crippen LogP contribution in [0.4, 0.5) is 0 Å². The summed E-state index contributed by atoms with van der Waals surface area (Å²) in [5.41, 5.74) is 2.82. The zero-order chi connectivity index (χ0) is 17.1. The van der Waals surface area contributed by atoms with Crippen LogP contribution in [0.15, 0.2) is 47.5 Å². The molecule has 0 aliphatic carbocycles. The molecule has 5 heteroatoms. The summed E-state index contributed by atoms with van der Waals surface area (Å²) in [4.78, 5) is 17.6. The number of carbonyl (C=O) groups is 1. The van der Waals surface area contributed by atoms with Gasteiger partial charge in [0.05, 0.1) is 17.3 Å². The first-order chi connectivity index (χ1) is 11.6. The highest BCUT2D eigenvalue weighted by Gasteiger charge is 2.09. The average molecular weight is 340 g/mol. The van der Waals surface area contributed by atoms with Crippen molar-refractivity contribution in [1.82, 2.24) is 4.57 Å². The van der Waals surface area contributed by atoms with Crippen LogP contribution in [0.2, 0.25) is 0 Å². The molecule has 0 unspecified atom stereocenters. The third-order valence-electron chi connectivity index (χ3n) is 3.83. The molecule has 3 rings (SSSR count). The summed E-state index contributed by atoms with van der Waals surface area (Å²) in [5, 5.41) is 0. The molecule has 0 atom stereocenters. The van der Waals surface area contributed by atoms with Crippen LogP contribution in [0, 0.1) is 6.92 Å². The van der Waals surface area contributed by atoms with Gasteiger partial charge in [-0.1, -0.05) is 36.0 Å². The molecular weight excluding hydrogens is 320 g/mol. The molecule has 0 spiro atoms. The Morgan fingerprint density at radius 1 is 1.21 bits per heavy atom. The van der Waals surface area contributed by atoms with Crippen molar-refractivity contribution in [3.05, 3.63) is 58.4 Å². The Labute approximate surface area is 145 Å². The van der Waals surface area contributed by atoms with Gasteiger partial charge >= 0.3 is 0 Å². The van der Waals surface area contributed by atoms with E-state index in [0.29, 0.717) is 5.56 Å². The first kappa shape index (κ1) is 16.5. The first-order valence-electron chi connectivity index (χ1n) is 7.95. The largest absolute Gasteiger partial charge is 0.497 e. The molecule has 0 radical (unpaired) electrons. The van der Waals surface area contributed by atoms with Gasteiger partial charge in [0.2, 0.25) is 0 Å². The molecule has 0 bridgehead atoms. The maximum atomic E-state index is 12.5. The molecule has 0 aliphatic heterocycles. The Kier molecular flexibility index (Phi) is 4.81. The van der Waals surface area contributed by atoms with Gasteiger partial charge in [-0.05, 0) is 43.7 Å². The van der Waals surface area contributed by atoms with Crippen molar-refractivity contribution in [2.75, 3.05) is 7.11 Å². The molecule has 0 N–H and O–H groups in total. The third kappa shape index (κ3) is 3.26. The number of hydrogen-bond donors (Lipinski definition) is 0. The van der Waals surface area contributed by atoms with Crippen LogP contribution in [0.5, 0.6) is 5.75 Å². The minimum atomic E-state index is -0.210. The molecule has 3 aromatic rings. The number of rotatable bonds is 4. The maximum absolute atomic E-state index is 12.5. The van der Waals surface area contributed by atoms with Crippen molar-refractivity contribution < 1.29 is 9.53 Å². The number of thiazole rings is 1. The van der Waals surface area contributed by atoms with Crippen LogP contribution < -0.4 is 9.54 Å². The zero-order valence-electron chi connectivity index (χ0n) is 14.1. The number of aryl methyl sites for hydroxylation is 2. The molecule has 1 aromatic heterocycles. The lowest BCUT2D eigenvalue weighted by atomic mass is 10.1. The molecule has 124 valence electrons. The predicted molar refractivity (Wildman–Crippen MR) is 97.7 cm³/mol. The van der Waals surface area contributed by atoms with E-state index in [1.54, 1.807) is 7.11 Å². The quantitative estimate of drug-likeness (QED) is 0.715. The number of fused-ring (bicyclic) bond motifs is 1. The van der Waals surface area contributed by atoms with Crippen LogP contribution >= 0.6 is 11.3 Å². The topological polar surface area (TPSA) is 43.6 Å². The SMILES string of the molecule is CCCn1c(=NC(=O)c2ccc(C)cc2)sc2cc(OC)ccc21. The van der Waals surface area contributed by atoms with E-state index in [1.165, 1.54) is 11.3 Å². The van der Waals surface area contributed by atoms with Crippen LogP contribution in [0.3, 0.4) is 0 Å². The second-order valence-corrected chi connectivity index (χ2v) is 6.66. The summed E-state index contributed by atoms with van der Waals surface area (Å²) in [5.74, 6) is 0.599. The molecule has 1 heterocycles. The monoisotopic (exact) mass is 340 g/mol. The molecule has 0 saturated carbocycles. The zero-order valence-corrected chi connectivity index (χ0v) is 14.9. The van der Waals surface area contributed by atoms with Crippen LogP contribution in [-0.2, 0) is 6.54 Å². The Balaban J connectivity index is 2.11. The molecule has 24 heavy (non-hydrogen) atoms. The van der Waals surface area contributed by atoms with Gasteiger partial charge in [0.1, 0.15) is 5.75 Å². The molecule has 0 aliphatic rings. The minimum Gasteiger partial charge on any atom is -0.497 e. The summed E-state index contributed by atoms with van der Waals surface area (Å²) in [7, 11) is 1.65. The third-order valence-corrected chi connectivity index (χ3v) is 4.87. The lowest BCUT2D eigenvalue weighted by Crippen LogP contribution is -2.16. The summed E-state index contributed by atoms with van der Waals surface area (Å²) in [6, 6.07) is 13.4.